The molecule has 1 amide bonds. The standard InChI is InChI=1S/C21H26N2O5S/c1-5-23(6-2)29(25,26)16-11-14(3)15(4)17(12-16)22-21(24)20-13-27-18-9-7-8-10-19(18)28-20/h7-12,20H,5-6,13H2,1-4H3,(H,22,24)/t20-/m1/s1. The zero-order chi connectivity index (χ0) is 21.2. The smallest absolute Gasteiger partial charge is 0.269 e. The van der Waals surface area contributed by atoms with Crippen LogP contribution in [-0.4, -0.2) is 44.4 Å². The van der Waals surface area contributed by atoms with Gasteiger partial charge in [-0.25, -0.2) is 8.42 Å². The van der Waals surface area contributed by atoms with Crippen molar-refractivity contribution < 1.29 is 22.7 Å². The monoisotopic (exact) mass is 418 g/mol. The predicted octanol–water partition coefficient (Wildman–Crippen LogP) is 3.11. The van der Waals surface area contributed by atoms with Crippen molar-refractivity contribution in [2.24, 2.45) is 0 Å². The molecule has 0 aromatic heterocycles. The maximum atomic E-state index is 12.9. The Morgan fingerprint density at radius 3 is 2.45 bits per heavy atom. The summed E-state index contributed by atoms with van der Waals surface area (Å²) in [6, 6.07) is 10.3. The maximum Gasteiger partial charge on any atom is 0.269 e. The van der Waals surface area contributed by atoms with Gasteiger partial charge in [-0.2, -0.15) is 4.31 Å². The number of rotatable bonds is 6. The molecule has 1 aliphatic heterocycles. The first-order chi connectivity index (χ1) is 13.8. The number of nitrogens with one attached hydrogen (secondary N) is 1. The first-order valence-corrected chi connectivity index (χ1v) is 11.0. The summed E-state index contributed by atoms with van der Waals surface area (Å²) in [4.78, 5) is 12.9. The van der Waals surface area contributed by atoms with E-state index in [0.717, 1.165) is 11.1 Å². The first-order valence-electron chi connectivity index (χ1n) is 9.58. The third-order valence-electron chi connectivity index (χ3n) is 5.04. The maximum absolute atomic E-state index is 12.9. The number of benzene rings is 2. The molecule has 0 saturated heterocycles. The minimum atomic E-state index is -3.64. The summed E-state index contributed by atoms with van der Waals surface area (Å²) in [7, 11) is -3.64. The Morgan fingerprint density at radius 1 is 1.14 bits per heavy atom. The van der Waals surface area contributed by atoms with Crippen LogP contribution in [0.25, 0.3) is 0 Å². The molecule has 156 valence electrons. The minimum Gasteiger partial charge on any atom is -0.485 e. The van der Waals surface area contributed by atoms with Gasteiger partial charge >= 0.3 is 0 Å². The Balaban J connectivity index is 1.86. The average Bonchev–Trinajstić information content (AvgIpc) is 2.71. The van der Waals surface area contributed by atoms with E-state index in [1.807, 2.05) is 19.9 Å². The van der Waals surface area contributed by atoms with Crippen LogP contribution in [0.5, 0.6) is 11.5 Å². The predicted molar refractivity (Wildman–Crippen MR) is 111 cm³/mol. The fraction of sp³-hybridized carbons (Fsp3) is 0.381. The normalized spacial score (nSPS) is 16.0. The molecule has 0 fully saturated rings. The number of sulfonamides is 1. The van der Waals surface area contributed by atoms with Crippen LogP contribution in [0.2, 0.25) is 0 Å². The van der Waals surface area contributed by atoms with Crippen LogP contribution < -0.4 is 14.8 Å². The molecule has 1 aliphatic rings. The van der Waals surface area contributed by atoms with Crippen molar-refractivity contribution in [3.8, 4) is 11.5 Å². The van der Waals surface area contributed by atoms with Crippen LogP contribution >= 0.6 is 0 Å². The molecule has 0 spiro atoms. The van der Waals surface area contributed by atoms with Crippen LogP contribution in [0.4, 0.5) is 5.69 Å². The molecule has 1 N–H and O–H groups in total. The van der Waals surface area contributed by atoms with Gasteiger partial charge in [-0.15, -0.1) is 0 Å². The number of aryl methyl sites for hydroxylation is 1. The van der Waals surface area contributed by atoms with Gasteiger partial charge < -0.3 is 14.8 Å². The van der Waals surface area contributed by atoms with E-state index in [2.05, 4.69) is 5.32 Å². The summed E-state index contributed by atoms with van der Waals surface area (Å²) in [5, 5.41) is 2.81. The zero-order valence-electron chi connectivity index (χ0n) is 17.1. The molecule has 1 heterocycles. The molecule has 2 aromatic carbocycles. The van der Waals surface area contributed by atoms with Gasteiger partial charge in [-0.3, -0.25) is 4.79 Å². The van der Waals surface area contributed by atoms with Gasteiger partial charge in [0.25, 0.3) is 5.91 Å². The van der Waals surface area contributed by atoms with E-state index in [9.17, 15) is 13.2 Å². The molecule has 0 aliphatic carbocycles. The van der Waals surface area contributed by atoms with Crippen molar-refractivity contribution in [3.05, 3.63) is 47.5 Å². The van der Waals surface area contributed by atoms with Crippen molar-refractivity contribution in [2.75, 3.05) is 25.0 Å². The van der Waals surface area contributed by atoms with Crippen molar-refractivity contribution in [1.29, 1.82) is 0 Å². The molecule has 3 rings (SSSR count). The second-order valence-corrected chi connectivity index (χ2v) is 8.79. The Bertz CT molecular complexity index is 1020. The van der Waals surface area contributed by atoms with Gasteiger partial charge in [0, 0.05) is 18.8 Å². The number of para-hydroxylation sites is 2. The third-order valence-corrected chi connectivity index (χ3v) is 7.07. The number of carbonyl (C=O) groups excluding carboxylic acids is 1. The number of amides is 1. The van der Waals surface area contributed by atoms with Gasteiger partial charge in [0.1, 0.15) is 6.61 Å². The second-order valence-electron chi connectivity index (χ2n) is 6.86. The molecule has 0 radical (unpaired) electrons. The highest BCUT2D eigenvalue weighted by atomic mass is 32.2. The number of hydrogen-bond acceptors (Lipinski definition) is 5. The number of ether oxygens (including phenoxy) is 2. The lowest BCUT2D eigenvalue weighted by atomic mass is 10.1. The van der Waals surface area contributed by atoms with Gasteiger partial charge in [0.15, 0.2) is 11.5 Å². The Hall–Kier alpha value is -2.58. The largest absolute Gasteiger partial charge is 0.485 e. The van der Waals surface area contributed by atoms with E-state index >= 15 is 0 Å². The first kappa shape index (κ1) is 21.1. The quantitative estimate of drug-likeness (QED) is 0.779. The number of fused-ring (bicyclic) bond motifs is 1. The number of hydrogen-bond donors (Lipinski definition) is 1. The van der Waals surface area contributed by atoms with Gasteiger partial charge in [0.05, 0.1) is 4.90 Å². The summed E-state index contributed by atoms with van der Waals surface area (Å²) in [5.74, 6) is 0.708. The highest BCUT2D eigenvalue weighted by Gasteiger charge is 2.29. The topological polar surface area (TPSA) is 84.9 Å². The average molecular weight is 419 g/mol. The molecule has 29 heavy (non-hydrogen) atoms. The van der Waals surface area contributed by atoms with Crippen LogP contribution in [-0.2, 0) is 14.8 Å². The summed E-state index contributed by atoms with van der Waals surface area (Å²) < 4.78 is 38.5. The zero-order valence-corrected chi connectivity index (χ0v) is 17.9. The summed E-state index contributed by atoms with van der Waals surface area (Å²) in [6.07, 6.45) is -0.826. The second kappa shape index (κ2) is 8.42. The minimum absolute atomic E-state index is 0.0817. The lowest BCUT2D eigenvalue weighted by molar-refractivity contribution is -0.125. The number of carbonyl (C=O) groups is 1. The molecule has 0 unspecified atom stereocenters. The summed E-state index contributed by atoms with van der Waals surface area (Å²) in [6.45, 7) is 8.08. The lowest BCUT2D eigenvalue weighted by Gasteiger charge is -2.26. The van der Waals surface area contributed by atoms with Gasteiger partial charge in [-0.05, 0) is 49.2 Å². The lowest BCUT2D eigenvalue weighted by Crippen LogP contribution is -2.40. The van der Waals surface area contributed by atoms with Crippen molar-refractivity contribution >= 4 is 21.6 Å². The van der Waals surface area contributed by atoms with Crippen molar-refractivity contribution in [3.63, 3.8) is 0 Å². The summed E-state index contributed by atoms with van der Waals surface area (Å²) in [5.41, 5.74) is 2.02. The third kappa shape index (κ3) is 4.23. The van der Waals surface area contributed by atoms with Crippen LogP contribution in [0, 0.1) is 13.8 Å². The van der Waals surface area contributed by atoms with Crippen molar-refractivity contribution in [2.45, 2.75) is 38.7 Å². The molecule has 7 nitrogen and oxygen atoms in total. The van der Waals surface area contributed by atoms with Gasteiger partial charge in [0.2, 0.25) is 16.1 Å². The van der Waals surface area contributed by atoms with E-state index < -0.39 is 16.1 Å². The Morgan fingerprint density at radius 2 is 1.79 bits per heavy atom. The van der Waals surface area contributed by atoms with E-state index in [0.29, 0.717) is 30.3 Å². The summed E-state index contributed by atoms with van der Waals surface area (Å²) >= 11 is 0. The fourth-order valence-corrected chi connectivity index (χ4v) is 4.75. The van der Waals surface area contributed by atoms with E-state index in [1.54, 1.807) is 38.1 Å². The molecule has 0 saturated carbocycles. The van der Waals surface area contributed by atoms with E-state index in [4.69, 9.17) is 9.47 Å². The van der Waals surface area contributed by atoms with E-state index in [-0.39, 0.29) is 17.4 Å². The Kier molecular flexibility index (Phi) is 6.14. The molecular weight excluding hydrogens is 392 g/mol. The molecule has 8 heteroatoms. The Labute approximate surface area is 171 Å². The number of anilines is 1. The van der Waals surface area contributed by atoms with Gasteiger partial charge in [-0.1, -0.05) is 26.0 Å². The van der Waals surface area contributed by atoms with E-state index in [1.165, 1.54) is 10.4 Å². The van der Waals surface area contributed by atoms with Crippen molar-refractivity contribution in [1.82, 2.24) is 4.31 Å². The molecular formula is C21H26N2O5S. The van der Waals surface area contributed by atoms with Crippen LogP contribution in [0.3, 0.4) is 0 Å². The number of nitrogens with zero attached hydrogens (tertiary/aromatic N) is 1. The van der Waals surface area contributed by atoms with Crippen LogP contribution in [0.1, 0.15) is 25.0 Å². The highest BCUT2D eigenvalue weighted by Crippen LogP contribution is 2.32. The molecule has 1 atom stereocenters. The molecule has 2 aromatic rings. The molecule has 0 bridgehead atoms. The highest BCUT2D eigenvalue weighted by molar-refractivity contribution is 7.89. The fourth-order valence-electron chi connectivity index (χ4n) is 3.18. The SMILES string of the molecule is CCN(CC)S(=O)(=O)c1cc(C)c(C)c(NC(=O)[C@H]2COc3ccccc3O2)c1. The van der Waals surface area contributed by atoms with Crippen LogP contribution in [0.15, 0.2) is 41.3 Å².